The molecule has 0 bridgehead atoms. The first-order valence-electron chi connectivity index (χ1n) is 6.79. The molecule has 0 unspecified atom stereocenters. The Labute approximate surface area is 115 Å². The smallest absolute Gasteiger partial charge is 0.0992 e. The molecule has 2 rings (SSSR count). The highest BCUT2D eigenvalue weighted by atomic mass is 15.1. The minimum atomic E-state index is 0.666. The van der Waals surface area contributed by atoms with Gasteiger partial charge in [0.25, 0.3) is 0 Å². The van der Waals surface area contributed by atoms with Crippen LogP contribution in [0.5, 0.6) is 0 Å². The maximum absolute atomic E-state index is 8.97. The Kier molecular flexibility index (Phi) is 4.28. The van der Waals surface area contributed by atoms with Crippen LogP contribution in [-0.4, -0.2) is 38.6 Å². The van der Waals surface area contributed by atoms with E-state index in [2.05, 4.69) is 30.0 Å². The average Bonchev–Trinajstić information content (AvgIpc) is 2.42. The van der Waals surface area contributed by atoms with Gasteiger partial charge in [0, 0.05) is 13.6 Å². The van der Waals surface area contributed by atoms with Gasteiger partial charge >= 0.3 is 0 Å². The zero-order valence-electron chi connectivity index (χ0n) is 11.8. The van der Waals surface area contributed by atoms with Crippen LogP contribution in [0.15, 0.2) is 18.2 Å². The van der Waals surface area contributed by atoms with Crippen molar-refractivity contribution < 1.29 is 0 Å². The third kappa shape index (κ3) is 3.39. The van der Waals surface area contributed by atoms with E-state index in [0.29, 0.717) is 11.5 Å². The molecule has 0 aliphatic carbocycles. The monoisotopic (exact) mass is 258 g/mol. The number of likely N-dealkylation sites (tertiary alicyclic amines) is 1. The Morgan fingerprint density at radius 3 is 2.74 bits per heavy atom. The van der Waals surface area contributed by atoms with Gasteiger partial charge in [-0.15, -0.1) is 0 Å². The van der Waals surface area contributed by atoms with Crippen molar-refractivity contribution in [3.8, 4) is 6.07 Å². The largest absolute Gasteiger partial charge is 0.397 e. The summed E-state index contributed by atoms with van der Waals surface area (Å²) in [6.45, 7) is 3.35. The highest BCUT2D eigenvalue weighted by Crippen LogP contribution is 2.26. The minimum Gasteiger partial charge on any atom is -0.397 e. The highest BCUT2D eigenvalue weighted by molar-refractivity contribution is 5.69. The van der Waals surface area contributed by atoms with Crippen LogP contribution >= 0.6 is 0 Å². The van der Waals surface area contributed by atoms with Crippen molar-refractivity contribution in [3.05, 3.63) is 23.8 Å². The van der Waals surface area contributed by atoms with Crippen molar-refractivity contribution >= 4 is 11.4 Å². The SMILES string of the molecule is CN1CCC(CN(C)c2cc(C#N)ccc2N)CC1. The maximum atomic E-state index is 8.97. The number of nitrogen functional groups attached to an aromatic ring is 1. The molecule has 1 aromatic carbocycles. The molecule has 1 saturated heterocycles. The summed E-state index contributed by atoms with van der Waals surface area (Å²) in [7, 11) is 4.24. The molecule has 0 atom stereocenters. The van der Waals surface area contributed by atoms with E-state index in [-0.39, 0.29) is 0 Å². The quantitative estimate of drug-likeness (QED) is 0.842. The van der Waals surface area contributed by atoms with Crippen LogP contribution in [0.3, 0.4) is 0 Å². The molecule has 0 spiro atoms. The first kappa shape index (κ1) is 13.7. The molecule has 1 fully saturated rings. The zero-order chi connectivity index (χ0) is 13.8. The van der Waals surface area contributed by atoms with Crippen LogP contribution in [-0.2, 0) is 0 Å². The van der Waals surface area contributed by atoms with Gasteiger partial charge in [-0.05, 0) is 57.1 Å². The summed E-state index contributed by atoms with van der Waals surface area (Å²) in [5, 5.41) is 8.97. The van der Waals surface area contributed by atoms with Gasteiger partial charge in [-0.2, -0.15) is 5.26 Å². The first-order chi connectivity index (χ1) is 9.10. The van der Waals surface area contributed by atoms with Gasteiger partial charge in [0.2, 0.25) is 0 Å². The van der Waals surface area contributed by atoms with Crippen LogP contribution in [0.1, 0.15) is 18.4 Å². The number of piperidine rings is 1. The summed E-state index contributed by atoms with van der Waals surface area (Å²) >= 11 is 0. The number of benzene rings is 1. The molecule has 0 saturated carbocycles. The number of nitrogens with zero attached hydrogens (tertiary/aromatic N) is 3. The molecular formula is C15H22N4. The van der Waals surface area contributed by atoms with Gasteiger partial charge in [0.15, 0.2) is 0 Å². The molecule has 19 heavy (non-hydrogen) atoms. The lowest BCUT2D eigenvalue weighted by Gasteiger charge is -2.32. The van der Waals surface area contributed by atoms with Gasteiger partial charge in [-0.1, -0.05) is 0 Å². The van der Waals surface area contributed by atoms with Crippen LogP contribution < -0.4 is 10.6 Å². The van der Waals surface area contributed by atoms with Gasteiger partial charge in [0.1, 0.15) is 0 Å². The second kappa shape index (κ2) is 5.94. The molecule has 1 aromatic rings. The van der Waals surface area contributed by atoms with E-state index in [0.717, 1.165) is 17.9 Å². The fraction of sp³-hybridized carbons (Fsp3) is 0.533. The lowest BCUT2D eigenvalue weighted by Crippen LogP contribution is -2.35. The maximum Gasteiger partial charge on any atom is 0.0992 e. The molecule has 1 heterocycles. The summed E-state index contributed by atoms with van der Waals surface area (Å²) in [6, 6.07) is 7.63. The Balaban J connectivity index is 2.03. The predicted molar refractivity (Wildman–Crippen MR) is 79.1 cm³/mol. The minimum absolute atomic E-state index is 0.666. The molecular weight excluding hydrogens is 236 g/mol. The summed E-state index contributed by atoms with van der Waals surface area (Å²) in [5.41, 5.74) is 8.39. The predicted octanol–water partition coefficient (Wildman–Crippen LogP) is 1.92. The van der Waals surface area contributed by atoms with Gasteiger partial charge < -0.3 is 15.5 Å². The Morgan fingerprint density at radius 1 is 1.42 bits per heavy atom. The second-order valence-corrected chi connectivity index (χ2v) is 5.51. The molecule has 4 heteroatoms. The Hall–Kier alpha value is -1.73. The molecule has 0 aromatic heterocycles. The van der Waals surface area contributed by atoms with Gasteiger partial charge in [-0.25, -0.2) is 0 Å². The van der Waals surface area contributed by atoms with E-state index in [9.17, 15) is 0 Å². The fourth-order valence-corrected chi connectivity index (χ4v) is 2.67. The number of rotatable bonds is 3. The highest BCUT2D eigenvalue weighted by Gasteiger charge is 2.19. The molecule has 2 N–H and O–H groups in total. The van der Waals surface area contributed by atoms with E-state index in [1.165, 1.54) is 25.9 Å². The van der Waals surface area contributed by atoms with Gasteiger partial charge in [0.05, 0.1) is 23.0 Å². The van der Waals surface area contributed by atoms with Crippen LogP contribution in [0.4, 0.5) is 11.4 Å². The number of nitriles is 1. The van der Waals surface area contributed by atoms with E-state index in [1.54, 1.807) is 6.07 Å². The Morgan fingerprint density at radius 2 is 2.11 bits per heavy atom. The van der Waals surface area contributed by atoms with Crippen LogP contribution in [0.2, 0.25) is 0 Å². The third-order valence-corrected chi connectivity index (χ3v) is 3.94. The summed E-state index contributed by atoms with van der Waals surface area (Å²) in [5.74, 6) is 0.714. The van der Waals surface area contributed by atoms with E-state index in [1.807, 2.05) is 12.1 Å². The molecule has 1 aliphatic heterocycles. The number of nitrogens with two attached hydrogens (primary N) is 1. The van der Waals surface area contributed by atoms with Crippen molar-refractivity contribution in [2.75, 3.05) is 44.4 Å². The van der Waals surface area contributed by atoms with E-state index in [4.69, 9.17) is 11.0 Å². The molecule has 0 radical (unpaired) electrons. The van der Waals surface area contributed by atoms with E-state index >= 15 is 0 Å². The lowest BCUT2D eigenvalue weighted by molar-refractivity contribution is 0.222. The lowest BCUT2D eigenvalue weighted by atomic mass is 9.96. The molecule has 4 nitrogen and oxygen atoms in total. The summed E-state index contributed by atoms with van der Waals surface area (Å²) in [6.07, 6.45) is 2.47. The number of anilines is 2. The number of hydrogen-bond donors (Lipinski definition) is 1. The molecule has 102 valence electrons. The van der Waals surface area contributed by atoms with Crippen LogP contribution in [0.25, 0.3) is 0 Å². The van der Waals surface area contributed by atoms with Crippen LogP contribution in [0, 0.1) is 17.2 Å². The zero-order valence-corrected chi connectivity index (χ0v) is 11.8. The third-order valence-electron chi connectivity index (χ3n) is 3.94. The standard InChI is InChI=1S/C15H22N4/c1-18-7-5-12(6-8-18)11-19(2)15-9-13(10-16)3-4-14(15)17/h3-4,9,12H,5-8,11,17H2,1-2H3. The summed E-state index contributed by atoms with van der Waals surface area (Å²) < 4.78 is 0. The normalized spacial score (nSPS) is 17.1. The first-order valence-corrected chi connectivity index (χ1v) is 6.79. The van der Waals surface area contributed by atoms with Crippen molar-refractivity contribution in [1.29, 1.82) is 5.26 Å². The van der Waals surface area contributed by atoms with Crippen molar-refractivity contribution in [2.24, 2.45) is 5.92 Å². The average molecular weight is 258 g/mol. The fourth-order valence-electron chi connectivity index (χ4n) is 2.67. The van der Waals surface area contributed by atoms with Crippen molar-refractivity contribution in [2.45, 2.75) is 12.8 Å². The topological polar surface area (TPSA) is 56.3 Å². The molecule has 0 amide bonds. The van der Waals surface area contributed by atoms with Gasteiger partial charge in [-0.3, -0.25) is 0 Å². The summed E-state index contributed by atoms with van der Waals surface area (Å²) in [4.78, 5) is 4.56. The van der Waals surface area contributed by atoms with Crippen molar-refractivity contribution in [3.63, 3.8) is 0 Å². The second-order valence-electron chi connectivity index (χ2n) is 5.51. The Bertz CT molecular complexity index is 470. The van der Waals surface area contributed by atoms with Crippen molar-refractivity contribution in [1.82, 2.24) is 4.90 Å². The number of hydrogen-bond acceptors (Lipinski definition) is 4. The molecule has 1 aliphatic rings. The van der Waals surface area contributed by atoms with E-state index < -0.39 is 0 Å².